The Kier molecular flexibility index (Phi) is 7.12. The van der Waals surface area contributed by atoms with Crippen LogP contribution in [0.2, 0.25) is 0 Å². The molecule has 1 amide bonds. The van der Waals surface area contributed by atoms with E-state index in [0.29, 0.717) is 30.8 Å². The largest absolute Gasteiger partial charge is 0.339 e. The fraction of sp³-hybridized carbons (Fsp3) is 0.348. The smallest absolute Gasteiger partial charge is 0.270 e. The molecule has 31 heavy (non-hydrogen) atoms. The summed E-state index contributed by atoms with van der Waals surface area (Å²) >= 11 is 0. The van der Waals surface area contributed by atoms with Gasteiger partial charge in [-0.05, 0) is 18.4 Å². The van der Waals surface area contributed by atoms with E-state index < -0.39 is 4.92 Å². The summed E-state index contributed by atoms with van der Waals surface area (Å²) in [5, 5.41) is 14.9. The molecule has 0 radical (unpaired) electrons. The van der Waals surface area contributed by atoms with E-state index in [1.54, 1.807) is 12.1 Å². The molecule has 1 atom stereocenters. The predicted octanol–water partition coefficient (Wildman–Crippen LogP) is 4.82. The van der Waals surface area contributed by atoms with E-state index >= 15 is 0 Å². The van der Waals surface area contributed by atoms with Gasteiger partial charge in [0, 0.05) is 37.1 Å². The summed E-state index contributed by atoms with van der Waals surface area (Å²) in [4.78, 5) is 29.6. The van der Waals surface area contributed by atoms with Gasteiger partial charge in [0.15, 0.2) is 0 Å². The first kappa shape index (κ1) is 22.1. The Morgan fingerprint density at radius 1 is 1.13 bits per heavy atom. The molecule has 162 valence electrons. The maximum Gasteiger partial charge on any atom is 0.270 e. The van der Waals surface area contributed by atoms with Gasteiger partial charge in [0.25, 0.3) is 5.69 Å². The summed E-state index contributed by atoms with van der Waals surface area (Å²) < 4.78 is 5.35. The second kappa shape index (κ2) is 9.97. The number of nitrogens with zero attached hydrogens (tertiary/aromatic N) is 4. The lowest BCUT2D eigenvalue weighted by Crippen LogP contribution is -2.36. The molecule has 1 aromatic heterocycles. The molecule has 8 nitrogen and oxygen atoms in total. The summed E-state index contributed by atoms with van der Waals surface area (Å²) in [5.74, 6) is 0.991. The molecule has 0 spiro atoms. The normalized spacial score (nSPS) is 12.0. The molecule has 2 aromatic carbocycles. The first-order chi connectivity index (χ1) is 14.8. The van der Waals surface area contributed by atoms with Crippen LogP contribution in [0.4, 0.5) is 5.69 Å². The SMILES string of the molecule is CC(C)CC(=O)N(CCc1nc(-c2cccc([N+](=O)[O-])c2)no1)[C@@H](C)c1ccccc1. The number of non-ortho nitro benzene ring substituents is 1. The average Bonchev–Trinajstić information content (AvgIpc) is 3.23. The van der Waals surface area contributed by atoms with Crippen molar-refractivity contribution in [3.63, 3.8) is 0 Å². The van der Waals surface area contributed by atoms with Crippen molar-refractivity contribution in [3.05, 3.63) is 76.2 Å². The van der Waals surface area contributed by atoms with Gasteiger partial charge in [0.1, 0.15) is 0 Å². The predicted molar refractivity (Wildman–Crippen MR) is 116 cm³/mol. The molecule has 0 aliphatic heterocycles. The van der Waals surface area contributed by atoms with E-state index in [4.69, 9.17) is 4.52 Å². The van der Waals surface area contributed by atoms with Crippen LogP contribution in [0.15, 0.2) is 59.1 Å². The monoisotopic (exact) mass is 422 g/mol. The highest BCUT2D eigenvalue weighted by molar-refractivity contribution is 5.77. The van der Waals surface area contributed by atoms with E-state index in [2.05, 4.69) is 10.1 Å². The highest BCUT2D eigenvalue weighted by Crippen LogP contribution is 2.24. The van der Waals surface area contributed by atoms with Crippen LogP contribution in [0.1, 0.15) is 44.7 Å². The molecule has 0 N–H and O–H groups in total. The molecule has 8 heteroatoms. The minimum absolute atomic E-state index is 0.0361. The number of hydrogen-bond acceptors (Lipinski definition) is 6. The first-order valence-electron chi connectivity index (χ1n) is 10.3. The number of aromatic nitrogens is 2. The first-order valence-corrected chi connectivity index (χ1v) is 10.3. The zero-order valence-corrected chi connectivity index (χ0v) is 17.9. The van der Waals surface area contributed by atoms with Crippen molar-refractivity contribution in [3.8, 4) is 11.4 Å². The van der Waals surface area contributed by atoms with Crippen molar-refractivity contribution in [1.82, 2.24) is 15.0 Å². The summed E-state index contributed by atoms with van der Waals surface area (Å²) in [7, 11) is 0. The Hall–Kier alpha value is -3.55. The average molecular weight is 422 g/mol. The number of rotatable bonds is 9. The fourth-order valence-corrected chi connectivity index (χ4v) is 3.36. The van der Waals surface area contributed by atoms with Gasteiger partial charge in [-0.2, -0.15) is 4.98 Å². The Labute approximate surface area is 181 Å². The molecule has 0 aliphatic carbocycles. The fourth-order valence-electron chi connectivity index (χ4n) is 3.36. The van der Waals surface area contributed by atoms with Gasteiger partial charge in [0.05, 0.1) is 11.0 Å². The van der Waals surface area contributed by atoms with Crippen molar-refractivity contribution in [2.45, 2.75) is 39.7 Å². The summed E-state index contributed by atoms with van der Waals surface area (Å²) in [6.07, 6.45) is 0.850. The molecular formula is C23H26N4O4. The van der Waals surface area contributed by atoms with Gasteiger partial charge in [-0.3, -0.25) is 14.9 Å². The lowest BCUT2D eigenvalue weighted by atomic mass is 10.0. The molecular weight excluding hydrogens is 396 g/mol. The van der Waals surface area contributed by atoms with Crippen LogP contribution in [0.3, 0.4) is 0 Å². The van der Waals surface area contributed by atoms with Gasteiger partial charge in [-0.1, -0.05) is 61.5 Å². The molecule has 1 heterocycles. The van der Waals surface area contributed by atoms with Gasteiger partial charge in [-0.25, -0.2) is 0 Å². The van der Waals surface area contributed by atoms with Crippen molar-refractivity contribution in [2.75, 3.05) is 6.54 Å². The maximum atomic E-state index is 12.9. The third kappa shape index (κ3) is 5.75. The van der Waals surface area contributed by atoms with Crippen LogP contribution >= 0.6 is 0 Å². The van der Waals surface area contributed by atoms with Crippen molar-refractivity contribution in [2.24, 2.45) is 5.92 Å². The highest BCUT2D eigenvalue weighted by atomic mass is 16.6. The molecule has 0 unspecified atom stereocenters. The van der Waals surface area contributed by atoms with Crippen LogP contribution < -0.4 is 0 Å². The van der Waals surface area contributed by atoms with Crippen molar-refractivity contribution < 1.29 is 14.2 Å². The lowest BCUT2D eigenvalue weighted by molar-refractivity contribution is -0.384. The second-order valence-electron chi connectivity index (χ2n) is 7.84. The van der Waals surface area contributed by atoms with Gasteiger partial charge in [0.2, 0.25) is 17.6 Å². The van der Waals surface area contributed by atoms with E-state index in [1.165, 1.54) is 12.1 Å². The van der Waals surface area contributed by atoms with Crippen LogP contribution in [0, 0.1) is 16.0 Å². The van der Waals surface area contributed by atoms with Crippen molar-refractivity contribution in [1.29, 1.82) is 0 Å². The minimum Gasteiger partial charge on any atom is -0.339 e. The van der Waals surface area contributed by atoms with Crippen LogP contribution in [0.5, 0.6) is 0 Å². The zero-order chi connectivity index (χ0) is 22.4. The quantitative estimate of drug-likeness (QED) is 0.362. The minimum atomic E-state index is -0.465. The van der Waals surface area contributed by atoms with Gasteiger partial charge >= 0.3 is 0 Å². The molecule has 3 aromatic rings. The highest BCUT2D eigenvalue weighted by Gasteiger charge is 2.23. The number of carbonyl (C=O) groups is 1. The number of hydrogen-bond donors (Lipinski definition) is 0. The zero-order valence-electron chi connectivity index (χ0n) is 17.9. The Balaban J connectivity index is 1.75. The third-order valence-corrected chi connectivity index (χ3v) is 5.00. The maximum absolute atomic E-state index is 12.9. The standard InChI is InChI=1S/C23H26N4O4/c1-16(2)14-22(28)26(17(3)18-8-5-4-6-9-18)13-12-21-24-23(25-31-21)19-10-7-11-20(15-19)27(29)30/h4-11,15-17H,12-14H2,1-3H3/t17-/m0/s1. The van der Waals surface area contributed by atoms with E-state index in [9.17, 15) is 14.9 Å². The molecule has 0 aliphatic rings. The molecule has 0 fully saturated rings. The van der Waals surface area contributed by atoms with E-state index in [1.807, 2.05) is 56.0 Å². The number of carbonyl (C=O) groups excluding carboxylic acids is 1. The Morgan fingerprint density at radius 3 is 2.55 bits per heavy atom. The summed E-state index contributed by atoms with van der Waals surface area (Å²) in [6.45, 7) is 6.48. The Bertz CT molecular complexity index is 1030. The summed E-state index contributed by atoms with van der Waals surface area (Å²) in [6, 6.07) is 15.9. The van der Waals surface area contributed by atoms with E-state index in [0.717, 1.165) is 5.56 Å². The second-order valence-corrected chi connectivity index (χ2v) is 7.84. The Morgan fingerprint density at radius 2 is 1.87 bits per heavy atom. The summed E-state index contributed by atoms with van der Waals surface area (Å²) in [5.41, 5.74) is 1.53. The molecule has 0 saturated heterocycles. The number of nitro groups is 1. The molecule has 3 rings (SSSR count). The number of nitro benzene ring substituents is 1. The molecule has 0 bridgehead atoms. The topological polar surface area (TPSA) is 102 Å². The van der Waals surface area contributed by atoms with Crippen LogP contribution in [-0.2, 0) is 11.2 Å². The van der Waals surface area contributed by atoms with E-state index in [-0.39, 0.29) is 29.4 Å². The van der Waals surface area contributed by atoms with Crippen LogP contribution in [0.25, 0.3) is 11.4 Å². The van der Waals surface area contributed by atoms with Crippen molar-refractivity contribution >= 4 is 11.6 Å². The number of amides is 1. The van der Waals surface area contributed by atoms with Gasteiger partial charge < -0.3 is 9.42 Å². The third-order valence-electron chi connectivity index (χ3n) is 5.00. The van der Waals surface area contributed by atoms with Gasteiger partial charge in [-0.15, -0.1) is 0 Å². The lowest BCUT2D eigenvalue weighted by Gasteiger charge is -2.30. The number of benzene rings is 2. The van der Waals surface area contributed by atoms with Crippen LogP contribution in [-0.4, -0.2) is 32.4 Å². The molecule has 0 saturated carbocycles.